The van der Waals surface area contributed by atoms with Gasteiger partial charge in [0.05, 0.1) is 11.1 Å². The van der Waals surface area contributed by atoms with E-state index in [1.54, 1.807) is 47.6 Å². The van der Waals surface area contributed by atoms with Gasteiger partial charge in [-0.1, -0.05) is 12.1 Å². The van der Waals surface area contributed by atoms with Crippen molar-refractivity contribution in [3.05, 3.63) is 88.7 Å². The summed E-state index contributed by atoms with van der Waals surface area (Å²) >= 11 is 0. The second-order valence-corrected chi connectivity index (χ2v) is 11.2. The molecule has 2 aliphatic rings. The number of anilines is 1. The SMILES string of the molecule is Cc1ccc(NC(=O)c2ccc(CN3CCN(C)CC3)c(C(F)(F)F)c2)cc1OC1CCN(C(=O)c2cccnc2)CC1. The molecule has 3 heterocycles. The molecule has 1 aromatic heterocycles. The van der Waals surface area contributed by atoms with Gasteiger partial charge in [0.25, 0.3) is 11.8 Å². The zero-order valence-corrected chi connectivity index (χ0v) is 24.4. The molecule has 2 aliphatic heterocycles. The summed E-state index contributed by atoms with van der Waals surface area (Å²) in [5, 5.41) is 2.73. The van der Waals surface area contributed by atoms with Gasteiger partial charge in [-0.05, 0) is 55.4 Å². The highest BCUT2D eigenvalue weighted by Gasteiger charge is 2.35. The number of carbonyl (C=O) groups excluding carboxylic acids is 2. The van der Waals surface area contributed by atoms with Gasteiger partial charge in [-0.25, -0.2) is 0 Å². The predicted molar refractivity (Wildman–Crippen MR) is 157 cm³/mol. The van der Waals surface area contributed by atoms with Gasteiger partial charge in [-0.2, -0.15) is 13.2 Å². The molecule has 2 saturated heterocycles. The van der Waals surface area contributed by atoms with E-state index in [1.165, 1.54) is 12.1 Å². The van der Waals surface area contributed by atoms with E-state index < -0.39 is 17.6 Å². The van der Waals surface area contributed by atoms with Gasteiger partial charge in [-0.15, -0.1) is 0 Å². The minimum Gasteiger partial charge on any atom is -0.490 e. The predicted octanol–water partition coefficient (Wildman–Crippen LogP) is 5.09. The number of halogens is 3. The van der Waals surface area contributed by atoms with Crippen molar-refractivity contribution in [3.8, 4) is 5.75 Å². The van der Waals surface area contributed by atoms with Crippen LogP contribution in [0, 0.1) is 6.92 Å². The van der Waals surface area contributed by atoms with Crippen LogP contribution >= 0.6 is 0 Å². The maximum Gasteiger partial charge on any atom is 0.416 e. The van der Waals surface area contributed by atoms with E-state index in [4.69, 9.17) is 4.74 Å². The molecule has 0 atom stereocenters. The summed E-state index contributed by atoms with van der Waals surface area (Å²) < 4.78 is 48.3. The summed E-state index contributed by atoms with van der Waals surface area (Å²) in [5.74, 6) is -0.115. The van der Waals surface area contributed by atoms with E-state index >= 15 is 0 Å². The number of likely N-dealkylation sites (N-methyl/N-ethyl adjacent to an activating group) is 1. The lowest BCUT2D eigenvalue weighted by atomic mass is 10.0. The van der Waals surface area contributed by atoms with Crippen LogP contribution in [-0.4, -0.2) is 83.9 Å². The maximum absolute atomic E-state index is 14.0. The standard InChI is InChI=1S/C32H36F3N5O3/c1-22-5-8-26(19-29(22)43-27-9-12-40(13-10-27)31(42)24-4-3-11-36-20-24)37-30(41)23-6-7-25(28(18-23)32(33,34)35)21-39-16-14-38(2)15-17-39/h3-8,11,18-20,27H,9-10,12-17,21H2,1-2H3,(H,37,41). The molecule has 0 aliphatic carbocycles. The third kappa shape index (κ3) is 7.71. The van der Waals surface area contributed by atoms with Crippen molar-refractivity contribution in [1.82, 2.24) is 19.7 Å². The van der Waals surface area contributed by atoms with Gasteiger partial charge < -0.3 is 19.9 Å². The average Bonchev–Trinajstić information content (AvgIpc) is 3.00. The van der Waals surface area contributed by atoms with Crippen LogP contribution in [0.2, 0.25) is 0 Å². The molecule has 8 nitrogen and oxygen atoms in total. The number of rotatable bonds is 7. The third-order valence-corrected chi connectivity index (χ3v) is 8.04. The molecule has 0 saturated carbocycles. The van der Waals surface area contributed by atoms with Crippen LogP contribution in [0.4, 0.5) is 18.9 Å². The zero-order valence-electron chi connectivity index (χ0n) is 24.4. The number of alkyl halides is 3. The summed E-state index contributed by atoms with van der Waals surface area (Å²) in [5.41, 5.74) is 1.13. The molecule has 1 N–H and O–H groups in total. The van der Waals surface area contributed by atoms with E-state index in [-0.39, 0.29) is 29.7 Å². The van der Waals surface area contributed by atoms with Gasteiger partial charge >= 0.3 is 6.18 Å². The lowest BCUT2D eigenvalue weighted by molar-refractivity contribution is -0.138. The third-order valence-electron chi connectivity index (χ3n) is 8.04. The summed E-state index contributed by atoms with van der Waals surface area (Å²) in [6.45, 7) is 6.13. The van der Waals surface area contributed by atoms with Crippen LogP contribution in [0.1, 0.15) is 50.2 Å². The second-order valence-electron chi connectivity index (χ2n) is 11.2. The number of hydrogen-bond acceptors (Lipinski definition) is 6. The Labute approximate surface area is 249 Å². The molecule has 3 aromatic rings. The molecule has 0 unspecified atom stereocenters. The van der Waals surface area contributed by atoms with Crippen molar-refractivity contribution >= 4 is 17.5 Å². The van der Waals surface area contributed by atoms with Crippen LogP contribution in [0.3, 0.4) is 0 Å². The Hall–Kier alpha value is -3.96. The number of piperazine rings is 1. The monoisotopic (exact) mass is 595 g/mol. The molecule has 2 fully saturated rings. The van der Waals surface area contributed by atoms with Crippen LogP contribution < -0.4 is 10.1 Å². The van der Waals surface area contributed by atoms with Crippen molar-refractivity contribution in [2.75, 3.05) is 51.6 Å². The number of pyridine rings is 1. The van der Waals surface area contributed by atoms with Crippen molar-refractivity contribution in [1.29, 1.82) is 0 Å². The van der Waals surface area contributed by atoms with Crippen LogP contribution in [0.15, 0.2) is 60.9 Å². The van der Waals surface area contributed by atoms with Crippen molar-refractivity contribution < 1.29 is 27.5 Å². The first-order valence-corrected chi connectivity index (χ1v) is 14.5. The van der Waals surface area contributed by atoms with E-state index in [1.807, 2.05) is 18.9 Å². The Balaban J connectivity index is 1.22. The quantitative estimate of drug-likeness (QED) is 0.410. The van der Waals surface area contributed by atoms with Crippen molar-refractivity contribution in [3.63, 3.8) is 0 Å². The van der Waals surface area contributed by atoms with Crippen LogP contribution in [-0.2, 0) is 12.7 Å². The fraction of sp³-hybridized carbons (Fsp3) is 0.406. The number of carbonyl (C=O) groups is 2. The molecule has 228 valence electrons. The summed E-state index contributed by atoms with van der Waals surface area (Å²) in [7, 11) is 1.99. The Morgan fingerprint density at radius 2 is 1.72 bits per heavy atom. The fourth-order valence-corrected chi connectivity index (χ4v) is 5.40. The first-order chi connectivity index (χ1) is 20.6. The molecule has 0 bridgehead atoms. The number of aromatic nitrogens is 1. The number of piperidine rings is 1. The fourth-order valence-electron chi connectivity index (χ4n) is 5.40. The Morgan fingerprint density at radius 3 is 2.40 bits per heavy atom. The molecular formula is C32H36F3N5O3. The highest BCUT2D eigenvalue weighted by Crippen LogP contribution is 2.34. The molecule has 0 radical (unpaired) electrons. The highest BCUT2D eigenvalue weighted by molar-refractivity contribution is 6.04. The van der Waals surface area contributed by atoms with Crippen molar-refractivity contribution in [2.45, 2.75) is 38.6 Å². The van der Waals surface area contributed by atoms with Gasteiger partial charge in [0, 0.05) is 88.4 Å². The van der Waals surface area contributed by atoms with Gasteiger partial charge in [-0.3, -0.25) is 19.5 Å². The number of hydrogen-bond donors (Lipinski definition) is 1. The van der Waals surface area contributed by atoms with Gasteiger partial charge in [0.2, 0.25) is 0 Å². The van der Waals surface area contributed by atoms with E-state index in [0.717, 1.165) is 24.7 Å². The van der Waals surface area contributed by atoms with E-state index in [2.05, 4.69) is 15.2 Å². The number of amides is 2. The Morgan fingerprint density at radius 1 is 0.977 bits per heavy atom. The molecule has 43 heavy (non-hydrogen) atoms. The molecular weight excluding hydrogens is 559 g/mol. The van der Waals surface area contributed by atoms with Gasteiger partial charge in [0.15, 0.2) is 0 Å². The van der Waals surface area contributed by atoms with Crippen LogP contribution in [0.5, 0.6) is 5.75 Å². The van der Waals surface area contributed by atoms with E-state index in [0.29, 0.717) is 56.0 Å². The minimum atomic E-state index is -4.58. The lowest BCUT2D eigenvalue weighted by Crippen LogP contribution is -2.44. The number of benzene rings is 2. The summed E-state index contributed by atoms with van der Waals surface area (Å²) in [6.07, 6.45) is -0.236. The molecule has 2 amide bonds. The Bertz CT molecular complexity index is 1430. The number of nitrogens with one attached hydrogen (secondary N) is 1. The average molecular weight is 596 g/mol. The molecule has 0 spiro atoms. The highest BCUT2D eigenvalue weighted by atomic mass is 19.4. The first-order valence-electron chi connectivity index (χ1n) is 14.5. The molecule has 5 rings (SSSR count). The lowest BCUT2D eigenvalue weighted by Gasteiger charge is -2.33. The molecule has 11 heteroatoms. The zero-order chi connectivity index (χ0) is 30.6. The number of nitrogens with zero attached hydrogens (tertiary/aromatic N) is 4. The number of likely N-dealkylation sites (tertiary alicyclic amines) is 1. The molecule has 2 aromatic carbocycles. The summed E-state index contributed by atoms with van der Waals surface area (Å²) in [6, 6.07) is 12.5. The number of aryl methyl sites for hydroxylation is 1. The normalized spacial score (nSPS) is 17.1. The number of ether oxygens (including phenoxy) is 1. The largest absolute Gasteiger partial charge is 0.490 e. The van der Waals surface area contributed by atoms with E-state index in [9.17, 15) is 22.8 Å². The summed E-state index contributed by atoms with van der Waals surface area (Å²) in [4.78, 5) is 35.7. The minimum absolute atomic E-state index is 0.0616. The smallest absolute Gasteiger partial charge is 0.416 e. The first kappa shape index (κ1) is 30.5. The topological polar surface area (TPSA) is 78.0 Å². The maximum atomic E-state index is 14.0. The van der Waals surface area contributed by atoms with Gasteiger partial charge in [0.1, 0.15) is 11.9 Å². The van der Waals surface area contributed by atoms with Crippen molar-refractivity contribution in [2.24, 2.45) is 0 Å². The Kier molecular flexibility index (Phi) is 9.31. The van der Waals surface area contributed by atoms with Crippen LogP contribution in [0.25, 0.3) is 0 Å². The second kappa shape index (κ2) is 13.1.